The summed E-state index contributed by atoms with van der Waals surface area (Å²) in [6, 6.07) is 13.8. The van der Waals surface area contributed by atoms with Crippen molar-refractivity contribution in [1.82, 2.24) is 0 Å². The molecule has 0 atom stereocenters. The molecular weight excluding hydrogens is 355 g/mol. The average Bonchev–Trinajstić information content (AvgIpc) is 2.33. The third kappa shape index (κ3) is 3.63. The van der Waals surface area contributed by atoms with E-state index in [9.17, 15) is 0 Å². The van der Waals surface area contributed by atoms with E-state index < -0.39 is 0 Å². The SMILES string of the molecule is Cc1cc(C)c([I-]c2cccc(C(C)(C)C)c2)c(C)c1. The molecule has 0 unspecified atom stereocenters. The van der Waals surface area contributed by atoms with Crippen molar-refractivity contribution in [2.24, 2.45) is 0 Å². The Morgan fingerprint density at radius 1 is 0.850 bits per heavy atom. The van der Waals surface area contributed by atoms with Gasteiger partial charge in [0.15, 0.2) is 0 Å². The normalized spacial score (nSPS) is 11.9. The summed E-state index contributed by atoms with van der Waals surface area (Å²) in [7, 11) is 0. The third-order valence-electron chi connectivity index (χ3n) is 3.48. The van der Waals surface area contributed by atoms with Gasteiger partial charge in [-0.05, 0) is 0 Å². The second-order valence-electron chi connectivity index (χ2n) is 6.57. The Morgan fingerprint density at radius 3 is 2.00 bits per heavy atom. The fourth-order valence-corrected chi connectivity index (χ4v) is 5.10. The summed E-state index contributed by atoms with van der Waals surface area (Å²) in [5.41, 5.74) is 5.96. The predicted molar refractivity (Wildman–Crippen MR) is 83.2 cm³/mol. The summed E-state index contributed by atoms with van der Waals surface area (Å²) in [6.07, 6.45) is 0. The molecule has 0 aliphatic rings. The van der Waals surface area contributed by atoms with Crippen LogP contribution in [0.2, 0.25) is 0 Å². The van der Waals surface area contributed by atoms with E-state index in [0.29, 0.717) is 0 Å². The zero-order chi connectivity index (χ0) is 14.9. The minimum atomic E-state index is -0.0926. The summed E-state index contributed by atoms with van der Waals surface area (Å²) in [4.78, 5) is 0. The zero-order valence-electron chi connectivity index (χ0n) is 13.3. The van der Waals surface area contributed by atoms with Crippen molar-refractivity contribution < 1.29 is 21.2 Å². The molecule has 0 aliphatic carbocycles. The first-order valence-electron chi connectivity index (χ1n) is 7.10. The summed E-state index contributed by atoms with van der Waals surface area (Å²) < 4.78 is 3.10. The minimum absolute atomic E-state index is 0.0926. The van der Waals surface area contributed by atoms with Gasteiger partial charge in [0, 0.05) is 0 Å². The maximum absolute atomic E-state index is 2.41. The molecule has 2 rings (SSSR count). The van der Waals surface area contributed by atoms with E-state index in [1.807, 2.05) is 0 Å². The number of benzene rings is 2. The molecule has 20 heavy (non-hydrogen) atoms. The van der Waals surface area contributed by atoms with Crippen LogP contribution in [0.3, 0.4) is 0 Å². The molecule has 0 aromatic heterocycles. The average molecular weight is 379 g/mol. The molecule has 0 saturated carbocycles. The van der Waals surface area contributed by atoms with Crippen LogP contribution in [-0.4, -0.2) is 0 Å². The molecule has 2 aromatic carbocycles. The molecule has 0 saturated heterocycles. The van der Waals surface area contributed by atoms with Gasteiger partial charge < -0.3 is 0 Å². The van der Waals surface area contributed by atoms with Crippen molar-refractivity contribution >= 4 is 0 Å². The van der Waals surface area contributed by atoms with E-state index in [4.69, 9.17) is 0 Å². The third-order valence-corrected chi connectivity index (χ3v) is 7.01. The first-order chi connectivity index (χ1) is 9.27. The van der Waals surface area contributed by atoms with Crippen molar-refractivity contribution in [3.05, 3.63) is 65.8 Å². The van der Waals surface area contributed by atoms with Gasteiger partial charge in [-0.2, -0.15) is 0 Å². The molecule has 0 spiro atoms. The van der Waals surface area contributed by atoms with Crippen LogP contribution in [0.15, 0.2) is 36.4 Å². The second kappa shape index (κ2) is 5.88. The van der Waals surface area contributed by atoms with Crippen LogP contribution in [0.25, 0.3) is 0 Å². The van der Waals surface area contributed by atoms with Crippen LogP contribution in [-0.2, 0) is 5.41 Å². The van der Waals surface area contributed by atoms with E-state index in [1.54, 1.807) is 3.57 Å². The first kappa shape index (κ1) is 15.6. The fraction of sp³-hybridized carbons (Fsp3) is 0.368. The molecule has 0 heterocycles. The molecule has 0 fully saturated rings. The molecule has 0 nitrogen and oxygen atoms in total. The second-order valence-corrected chi connectivity index (χ2v) is 9.43. The van der Waals surface area contributed by atoms with Crippen molar-refractivity contribution in [1.29, 1.82) is 0 Å². The van der Waals surface area contributed by atoms with Crippen molar-refractivity contribution in [2.45, 2.75) is 47.0 Å². The molecule has 0 radical (unpaired) electrons. The van der Waals surface area contributed by atoms with Gasteiger partial charge >= 0.3 is 134 Å². The Hall–Kier alpha value is -0.830. The first-order valence-corrected chi connectivity index (χ1v) is 9.26. The number of hydrogen-bond acceptors (Lipinski definition) is 0. The number of rotatable bonds is 2. The number of halogens is 1. The summed E-state index contributed by atoms with van der Waals surface area (Å²) in [6.45, 7) is 13.5. The van der Waals surface area contributed by atoms with Crippen molar-refractivity contribution in [3.8, 4) is 0 Å². The predicted octanol–water partition coefficient (Wildman–Crippen LogP) is 2.04. The standard InChI is InChI=1S/C19H24I/c1-13-10-14(2)18(15(3)11-13)20-17-9-7-8-16(12-17)19(4,5)6/h7-12H,1-6H3/q-1. The van der Waals surface area contributed by atoms with E-state index in [1.165, 1.54) is 25.8 Å². The summed E-state index contributed by atoms with van der Waals surface area (Å²) >= 11 is -0.0926. The van der Waals surface area contributed by atoms with Gasteiger partial charge in [-0.15, -0.1) is 0 Å². The van der Waals surface area contributed by atoms with Crippen LogP contribution in [0.5, 0.6) is 0 Å². The fourth-order valence-electron chi connectivity index (χ4n) is 2.43. The van der Waals surface area contributed by atoms with Crippen LogP contribution >= 0.6 is 0 Å². The molecule has 1 heteroatoms. The van der Waals surface area contributed by atoms with Crippen LogP contribution in [0, 0.1) is 27.9 Å². The van der Waals surface area contributed by atoms with Gasteiger partial charge in [-0.1, -0.05) is 0 Å². The molecule has 0 aliphatic heterocycles. The van der Waals surface area contributed by atoms with Gasteiger partial charge in [-0.3, -0.25) is 0 Å². The molecule has 0 amide bonds. The Labute approximate surface area is 133 Å². The van der Waals surface area contributed by atoms with E-state index >= 15 is 0 Å². The Balaban J connectivity index is 2.36. The van der Waals surface area contributed by atoms with Gasteiger partial charge in [-0.25, -0.2) is 0 Å². The monoisotopic (exact) mass is 379 g/mol. The molecule has 2 aromatic rings. The van der Waals surface area contributed by atoms with Gasteiger partial charge in [0.2, 0.25) is 0 Å². The quantitative estimate of drug-likeness (QED) is 0.701. The zero-order valence-corrected chi connectivity index (χ0v) is 15.5. The van der Waals surface area contributed by atoms with E-state index in [2.05, 4.69) is 77.9 Å². The maximum atomic E-state index is 2.41. The molecule has 108 valence electrons. The van der Waals surface area contributed by atoms with Crippen molar-refractivity contribution in [2.75, 3.05) is 0 Å². The van der Waals surface area contributed by atoms with Crippen molar-refractivity contribution in [3.63, 3.8) is 0 Å². The Bertz CT molecular complexity index is 595. The Morgan fingerprint density at radius 2 is 1.45 bits per heavy atom. The van der Waals surface area contributed by atoms with Gasteiger partial charge in [0.1, 0.15) is 0 Å². The number of aryl methyl sites for hydroxylation is 3. The molecule has 0 bridgehead atoms. The van der Waals surface area contributed by atoms with Gasteiger partial charge in [0.25, 0.3) is 0 Å². The topological polar surface area (TPSA) is 0 Å². The van der Waals surface area contributed by atoms with Crippen LogP contribution in [0.4, 0.5) is 0 Å². The van der Waals surface area contributed by atoms with Gasteiger partial charge in [0.05, 0.1) is 0 Å². The molecular formula is C19H24I-. The van der Waals surface area contributed by atoms with E-state index in [0.717, 1.165) is 0 Å². The Kier molecular flexibility index (Phi) is 4.58. The van der Waals surface area contributed by atoms with Crippen LogP contribution < -0.4 is 21.2 Å². The van der Waals surface area contributed by atoms with Crippen LogP contribution in [0.1, 0.15) is 43.0 Å². The van der Waals surface area contributed by atoms with E-state index in [-0.39, 0.29) is 26.6 Å². The summed E-state index contributed by atoms with van der Waals surface area (Å²) in [5, 5.41) is 0. The number of hydrogen-bond donors (Lipinski definition) is 0. The summed E-state index contributed by atoms with van der Waals surface area (Å²) in [5.74, 6) is 0. The molecule has 0 N–H and O–H groups in total.